The standard InChI is InChI=1S/C37H42N2O5/c1-4-8-24(19-28-16-17-29(21-40)44-28)11-18-33-34-30(23(2)3)20-31-35(32(34)22-43-33)37(42)39(36(31)41)27-14-12-26(13-15-27)38-25-9-6-5-7-10-25/h5-7,9-10,12-17,19,23,31-33,35,38,40H,4,8,11,18,20-22H2,1-3H3/b24-19+/t31-,32+,33-,35-/m1/s1. The number of fused-ring (bicyclic) bond motifs is 3. The van der Waals surface area contributed by atoms with Crippen molar-refractivity contribution in [3.63, 3.8) is 0 Å². The summed E-state index contributed by atoms with van der Waals surface area (Å²) in [5.41, 5.74) is 6.30. The van der Waals surface area contributed by atoms with E-state index in [2.05, 4.69) is 32.2 Å². The van der Waals surface area contributed by atoms with Crippen LogP contribution in [0.1, 0.15) is 64.4 Å². The van der Waals surface area contributed by atoms with Gasteiger partial charge in [0.15, 0.2) is 0 Å². The molecule has 7 heteroatoms. The number of rotatable bonds is 11. The van der Waals surface area contributed by atoms with E-state index in [1.54, 1.807) is 6.07 Å². The fourth-order valence-corrected chi connectivity index (χ4v) is 7.26. The number of furan rings is 1. The molecule has 7 nitrogen and oxygen atoms in total. The minimum absolute atomic E-state index is 0.0662. The van der Waals surface area contributed by atoms with Gasteiger partial charge in [0.1, 0.15) is 18.1 Å². The Labute approximate surface area is 259 Å². The molecule has 2 aromatic carbocycles. The van der Waals surface area contributed by atoms with Gasteiger partial charge in [0.25, 0.3) is 0 Å². The molecule has 6 rings (SSSR count). The summed E-state index contributed by atoms with van der Waals surface area (Å²) in [6.45, 7) is 6.89. The highest BCUT2D eigenvalue weighted by molar-refractivity contribution is 6.22. The van der Waals surface area contributed by atoms with Crippen LogP contribution in [0.2, 0.25) is 0 Å². The molecule has 1 aliphatic carbocycles. The highest BCUT2D eigenvalue weighted by atomic mass is 16.5. The van der Waals surface area contributed by atoms with Crippen molar-refractivity contribution in [3.8, 4) is 0 Å². The van der Waals surface area contributed by atoms with Gasteiger partial charge in [0.05, 0.1) is 30.2 Å². The van der Waals surface area contributed by atoms with Gasteiger partial charge < -0.3 is 19.6 Å². The van der Waals surface area contributed by atoms with Crippen molar-refractivity contribution in [3.05, 3.63) is 95.0 Å². The maximum Gasteiger partial charge on any atom is 0.238 e. The van der Waals surface area contributed by atoms with Crippen LogP contribution in [-0.4, -0.2) is 29.6 Å². The van der Waals surface area contributed by atoms with E-state index >= 15 is 0 Å². The van der Waals surface area contributed by atoms with E-state index in [4.69, 9.17) is 9.15 Å². The molecule has 0 bridgehead atoms. The predicted molar refractivity (Wildman–Crippen MR) is 172 cm³/mol. The highest BCUT2D eigenvalue weighted by Crippen LogP contribution is 2.52. The van der Waals surface area contributed by atoms with Crippen molar-refractivity contribution in [1.29, 1.82) is 0 Å². The lowest BCUT2D eigenvalue weighted by Crippen LogP contribution is -2.35. The zero-order valence-corrected chi connectivity index (χ0v) is 25.8. The molecule has 2 N–H and O–H groups in total. The first-order valence-corrected chi connectivity index (χ1v) is 15.9. The fraction of sp³-hybridized carbons (Fsp3) is 0.405. The van der Waals surface area contributed by atoms with E-state index in [-0.39, 0.29) is 42.3 Å². The predicted octanol–water partition coefficient (Wildman–Crippen LogP) is 7.66. The average molecular weight is 595 g/mol. The Morgan fingerprint density at radius 1 is 0.977 bits per heavy atom. The van der Waals surface area contributed by atoms with E-state index in [0.29, 0.717) is 24.5 Å². The second-order valence-corrected chi connectivity index (χ2v) is 12.5. The lowest BCUT2D eigenvalue weighted by molar-refractivity contribution is -0.122. The molecule has 230 valence electrons. The molecular formula is C37H42N2O5. The SMILES string of the molecule is CCC/C(=C\c1ccc(CO)o1)CC[C@H]1OC[C@H]2C1=C(C(C)C)C[C@H]1C(=O)N(c3ccc(Nc4ccccc4)cc3)C(=O)[C@H]12. The van der Waals surface area contributed by atoms with E-state index in [1.165, 1.54) is 21.6 Å². The van der Waals surface area contributed by atoms with Gasteiger partial charge in [-0.05, 0) is 91.8 Å². The first-order valence-electron chi connectivity index (χ1n) is 15.9. The number of carbonyl (C=O) groups excluding carboxylic acids is 2. The molecule has 3 aliphatic rings. The molecule has 2 amide bonds. The van der Waals surface area contributed by atoms with Crippen LogP contribution in [0.3, 0.4) is 0 Å². The van der Waals surface area contributed by atoms with E-state index in [1.807, 2.05) is 60.7 Å². The summed E-state index contributed by atoms with van der Waals surface area (Å²) in [6.07, 6.45) is 6.27. The molecular weight excluding hydrogens is 552 g/mol. The molecule has 1 aromatic heterocycles. The Morgan fingerprint density at radius 3 is 2.41 bits per heavy atom. The second kappa shape index (κ2) is 13.0. The van der Waals surface area contributed by atoms with Crippen LogP contribution in [0.25, 0.3) is 6.08 Å². The van der Waals surface area contributed by atoms with Gasteiger partial charge in [-0.15, -0.1) is 0 Å². The Morgan fingerprint density at radius 2 is 1.73 bits per heavy atom. The first-order chi connectivity index (χ1) is 21.4. The molecule has 2 aliphatic heterocycles. The van der Waals surface area contributed by atoms with E-state index < -0.39 is 5.92 Å². The molecule has 3 heterocycles. The third-order valence-corrected chi connectivity index (χ3v) is 9.31. The van der Waals surface area contributed by atoms with Crippen molar-refractivity contribution in [1.82, 2.24) is 0 Å². The van der Waals surface area contributed by atoms with Gasteiger partial charge >= 0.3 is 0 Å². The molecule has 3 aromatic rings. The molecule has 2 saturated heterocycles. The number of allylic oxidation sites excluding steroid dienone is 2. The smallest absolute Gasteiger partial charge is 0.238 e. The summed E-state index contributed by atoms with van der Waals surface area (Å²) in [5.74, 6) is 0.550. The number of hydrogen-bond donors (Lipinski definition) is 2. The molecule has 0 spiro atoms. The normalized spacial score (nSPS) is 23.5. The number of aliphatic hydroxyl groups excluding tert-OH is 1. The molecule has 4 atom stereocenters. The van der Waals surface area contributed by atoms with Gasteiger partial charge in [-0.3, -0.25) is 14.5 Å². The number of imide groups is 1. The Hall–Kier alpha value is -3.94. The van der Waals surface area contributed by atoms with Crippen LogP contribution in [0.4, 0.5) is 17.1 Å². The zero-order valence-electron chi connectivity index (χ0n) is 25.8. The van der Waals surface area contributed by atoms with Crippen LogP contribution in [0.15, 0.2) is 87.9 Å². The minimum Gasteiger partial charge on any atom is -0.459 e. The van der Waals surface area contributed by atoms with Gasteiger partial charge in [-0.2, -0.15) is 0 Å². The van der Waals surface area contributed by atoms with E-state index in [9.17, 15) is 14.7 Å². The van der Waals surface area contributed by atoms with Crippen LogP contribution in [0, 0.1) is 23.7 Å². The number of aliphatic hydroxyl groups is 1. The number of amides is 2. The lowest BCUT2D eigenvalue weighted by atomic mass is 9.67. The van der Waals surface area contributed by atoms with Crippen molar-refractivity contribution >= 4 is 35.0 Å². The monoisotopic (exact) mass is 594 g/mol. The Kier molecular flexibility index (Phi) is 8.87. The number of nitrogens with zero attached hydrogens (tertiary/aromatic N) is 1. The fourth-order valence-electron chi connectivity index (χ4n) is 7.26. The largest absolute Gasteiger partial charge is 0.459 e. The van der Waals surface area contributed by atoms with Crippen LogP contribution in [0.5, 0.6) is 0 Å². The number of benzene rings is 2. The van der Waals surface area contributed by atoms with Crippen molar-refractivity contribution in [2.75, 3.05) is 16.8 Å². The number of anilines is 3. The number of ether oxygens (including phenoxy) is 1. The third-order valence-electron chi connectivity index (χ3n) is 9.31. The number of para-hydroxylation sites is 1. The van der Waals surface area contributed by atoms with Crippen LogP contribution < -0.4 is 10.2 Å². The molecule has 44 heavy (non-hydrogen) atoms. The molecule has 0 saturated carbocycles. The summed E-state index contributed by atoms with van der Waals surface area (Å²) in [5, 5.41) is 12.7. The van der Waals surface area contributed by atoms with Gasteiger partial charge in [-0.25, -0.2) is 0 Å². The zero-order chi connectivity index (χ0) is 30.8. The van der Waals surface area contributed by atoms with E-state index in [0.717, 1.165) is 42.8 Å². The maximum atomic E-state index is 14.0. The number of hydrogen-bond acceptors (Lipinski definition) is 6. The topological polar surface area (TPSA) is 92.0 Å². The van der Waals surface area contributed by atoms with Gasteiger partial charge in [-0.1, -0.05) is 56.5 Å². The quantitative estimate of drug-likeness (QED) is 0.175. The number of carbonyl (C=O) groups is 2. The summed E-state index contributed by atoms with van der Waals surface area (Å²) in [6, 6.07) is 21.1. The summed E-state index contributed by atoms with van der Waals surface area (Å²) in [4.78, 5) is 29.3. The average Bonchev–Trinajstić information content (AvgIpc) is 3.73. The first kappa shape index (κ1) is 30.1. The minimum atomic E-state index is -0.391. The maximum absolute atomic E-state index is 14.0. The van der Waals surface area contributed by atoms with Gasteiger partial charge in [0.2, 0.25) is 11.8 Å². The van der Waals surface area contributed by atoms with Crippen LogP contribution in [-0.2, 0) is 20.9 Å². The Balaban J connectivity index is 1.20. The number of nitrogens with one attached hydrogen (secondary N) is 1. The highest BCUT2D eigenvalue weighted by Gasteiger charge is 2.57. The molecule has 2 fully saturated rings. The molecule has 0 radical (unpaired) electrons. The lowest BCUT2D eigenvalue weighted by Gasteiger charge is -2.33. The summed E-state index contributed by atoms with van der Waals surface area (Å²) >= 11 is 0. The summed E-state index contributed by atoms with van der Waals surface area (Å²) < 4.78 is 12.2. The second-order valence-electron chi connectivity index (χ2n) is 12.5. The van der Waals surface area contributed by atoms with Crippen LogP contribution >= 0.6 is 0 Å². The molecule has 0 unspecified atom stereocenters. The third kappa shape index (κ3) is 5.91. The van der Waals surface area contributed by atoms with Crippen molar-refractivity contribution in [2.24, 2.45) is 23.7 Å². The van der Waals surface area contributed by atoms with Gasteiger partial charge in [0, 0.05) is 17.3 Å². The van der Waals surface area contributed by atoms with Crippen molar-refractivity contribution in [2.45, 2.75) is 65.6 Å². The Bertz CT molecular complexity index is 1550. The van der Waals surface area contributed by atoms with Crippen molar-refractivity contribution < 1.29 is 23.8 Å². The summed E-state index contributed by atoms with van der Waals surface area (Å²) in [7, 11) is 0.